The van der Waals surface area contributed by atoms with Crippen LogP contribution in [0.4, 0.5) is 11.4 Å². The molecule has 0 bridgehead atoms. The minimum Gasteiger partial charge on any atom is -0.322 e. The van der Waals surface area contributed by atoms with Gasteiger partial charge < -0.3 is 10.2 Å². The molecule has 0 aromatic heterocycles. The molecule has 1 saturated heterocycles. The number of nitrogens with zero attached hydrogens (tertiary/aromatic N) is 2. The standard InChI is InChI=1S/C24H25N3O4/c1-15(2)14-26-22(30)19-9-4-5-10-20(19)27-21(29)11-12-24(26,27)23(31)25-18-8-6-7-17(13-18)16(3)28/h4-10,13,15H,11-12,14H2,1-3H3,(H,25,31). The van der Waals surface area contributed by atoms with E-state index in [1.54, 1.807) is 48.5 Å². The van der Waals surface area contributed by atoms with E-state index in [1.165, 1.54) is 16.7 Å². The van der Waals surface area contributed by atoms with E-state index in [1.807, 2.05) is 13.8 Å². The van der Waals surface area contributed by atoms with Crippen molar-refractivity contribution < 1.29 is 19.2 Å². The fourth-order valence-electron chi connectivity index (χ4n) is 4.45. The summed E-state index contributed by atoms with van der Waals surface area (Å²) in [4.78, 5) is 55.0. The fraction of sp³-hybridized carbons (Fsp3) is 0.333. The van der Waals surface area contributed by atoms with Crippen molar-refractivity contribution in [3.63, 3.8) is 0 Å². The Labute approximate surface area is 181 Å². The van der Waals surface area contributed by atoms with Crippen LogP contribution in [0.25, 0.3) is 0 Å². The molecule has 0 aliphatic carbocycles. The van der Waals surface area contributed by atoms with Gasteiger partial charge in [0, 0.05) is 30.6 Å². The van der Waals surface area contributed by atoms with Gasteiger partial charge in [0.15, 0.2) is 5.78 Å². The first-order chi connectivity index (χ1) is 14.8. The summed E-state index contributed by atoms with van der Waals surface area (Å²) in [5, 5.41) is 2.87. The number of benzene rings is 2. The van der Waals surface area contributed by atoms with Crippen LogP contribution in [0, 0.1) is 5.92 Å². The summed E-state index contributed by atoms with van der Waals surface area (Å²) in [6.07, 6.45) is 0.369. The third-order valence-electron chi connectivity index (χ3n) is 5.81. The monoisotopic (exact) mass is 419 g/mol. The normalized spacial score (nSPS) is 20.0. The summed E-state index contributed by atoms with van der Waals surface area (Å²) < 4.78 is 0. The SMILES string of the molecule is CC(=O)c1cccc(NC(=O)C23CCC(=O)N2c2ccccc2C(=O)N3CC(C)C)c1. The molecule has 7 heteroatoms. The molecule has 31 heavy (non-hydrogen) atoms. The Kier molecular flexibility index (Phi) is 5.13. The van der Waals surface area contributed by atoms with Crippen molar-refractivity contribution in [2.45, 2.75) is 39.3 Å². The zero-order chi connectivity index (χ0) is 22.3. The Morgan fingerprint density at radius 1 is 1.10 bits per heavy atom. The predicted octanol–water partition coefficient (Wildman–Crippen LogP) is 3.46. The molecule has 1 atom stereocenters. The van der Waals surface area contributed by atoms with Gasteiger partial charge in [-0.3, -0.25) is 24.1 Å². The summed E-state index contributed by atoms with van der Waals surface area (Å²) >= 11 is 0. The lowest BCUT2D eigenvalue weighted by Crippen LogP contribution is -2.69. The molecule has 3 amide bonds. The first-order valence-corrected chi connectivity index (χ1v) is 10.4. The molecule has 1 fully saturated rings. The minimum atomic E-state index is -1.45. The molecule has 0 radical (unpaired) electrons. The van der Waals surface area contributed by atoms with Crippen LogP contribution in [0.5, 0.6) is 0 Å². The highest BCUT2D eigenvalue weighted by atomic mass is 16.2. The molecule has 1 N–H and O–H groups in total. The number of hydrogen-bond acceptors (Lipinski definition) is 4. The lowest BCUT2D eigenvalue weighted by atomic mass is 9.94. The second-order valence-electron chi connectivity index (χ2n) is 8.46. The lowest BCUT2D eigenvalue weighted by Gasteiger charge is -2.49. The van der Waals surface area contributed by atoms with Crippen molar-refractivity contribution in [2.24, 2.45) is 5.92 Å². The van der Waals surface area contributed by atoms with E-state index in [2.05, 4.69) is 5.32 Å². The number of Topliss-reactive ketones (excluding diaryl/α,β-unsaturated/α-hetero) is 1. The molecular weight excluding hydrogens is 394 g/mol. The van der Waals surface area contributed by atoms with E-state index < -0.39 is 11.6 Å². The minimum absolute atomic E-state index is 0.0949. The molecule has 2 aliphatic heterocycles. The van der Waals surface area contributed by atoms with E-state index in [0.29, 0.717) is 29.0 Å². The smallest absolute Gasteiger partial charge is 0.271 e. The van der Waals surface area contributed by atoms with Crippen LogP contribution in [0.2, 0.25) is 0 Å². The predicted molar refractivity (Wildman–Crippen MR) is 117 cm³/mol. The van der Waals surface area contributed by atoms with Crippen LogP contribution >= 0.6 is 0 Å². The summed E-state index contributed by atoms with van der Waals surface area (Å²) in [6.45, 7) is 5.73. The maximum absolute atomic E-state index is 13.8. The lowest BCUT2D eigenvalue weighted by molar-refractivity contribution is -0.129. The van der Waals surface area contributed by atoms with Crippen molar-refractivity contribution in [3.05, 3.63) is 59.7 Å². The largest absolute Gasteiger partial charge is 0.322 e. The molecule has 2 aliphatic rings. The molecule has 2 heterocycles. The molecule has 2 aromatic carbocycles. The first-order valence-electron chi connectivity index (χ1n) is 10.4. The molecule has 2 aromatic rings. The van der Waals surface area contributed by atoms with E-state index in [4.69, 9.17) is 0 Å². The van der Waals surface area contributed by atoms with Gasteiger partial charge in [-0.15, -0.1) is 0 Å². The van der Waals surface area contributed by atoms with Crippen LogP contribution < -0.4 is 10.2 Å². The van der Waals surface area contributed by atoms with Crippen molar-refractivity contribution in [2.75, 3.05) is 16.8 Å². The number of carbonyl (C=O) groups excluding carboxylic acids is 4. The van der Waals surface area contributed by atoms with Crippen molar-refractivity contribution >= 4 is 34.9 Å². The Balaban J connectivity index is 1.82. The van der Waals surface area contributed by atoms with Crippen LogP contribution in [0.1, 0.15) is 54.3 Å². The van der Waals surface area contributed by atoms with Gasteiger partial charge in [0.25, 0.3) is 11.8 Å². The average molecular weight is 419 g/mol. The maximum Gasteiger partial charge on any atom is 0.271 e. The van der Waals surface area contributed by atoms with Crippen LogP contribution in [-0.2, 0) is 9.59 Å². The molecule has 160 valence electrons. The Morgan fingerprint density at radius 3 is 2.55 bits per heavy atom. The van der Waals surface area contributed by atoms with Gasteiger partial charge in [-0.2, -0.15) is 0 Å². The zero-order valence-corrected chi connectivity index (χ0v) is 17.8. The Hall–Kier alpha value is -3.48. The Morgan fingerprint density at radius 2 is 1.84 bits per heavy atom. The zero-order valence-electron chi connectivity index (χ0n) is 17.8. The number of para-hydroxylation sites is 1. The van der Waals surface area contributed by atoms with Gasteiger partial charge in [-0.1, -0.05) is 38.1 Å². The maximum atomic E-state index is 13.8. The average Bonchev–Trinajstić information content (AvgIpc) is 3.09. The highest BCUT2D eigenvalue weighted by Crippen LogP contribution is 2.45. The third kappa shape index (κ3) is 3.30. The number of amides is 3. The molecule has 4 rings (SSSR count). The topological polar surface area (TPSA) is 86.8 Å². The molecular formula is C24H25N3O4. The number of rotatable bonds is 5. The van der Waals surface area contributed by atoms with Crippen LogP contribution in [0.3, 0.4) is 0 Å². The summed E-state index contributed by atoms with van der Waals surface area (Å²) in [6, 6.07) is 13.6. The quantitative estimate of drug-likeness (QED) is 0.752. The Bertz CT molecular complexity index is 1090. The summed E-state index contributed by atoms with van der Waals surface area (Å²) in [5.41, 5.74) is 0.350. The second kappa shape index (κ2) is 7.65. The third-order valence-corrected chi connectivity index (χ3v) is 5.81. The van der Waals surface area contributed by atoms with Gasteiger partial charge in [0.05, 0.1) is 11.3 Å². The van der Waals surface area contributed by atoms with Crippen molar-refractivity contribution in [1.29, 1.82) is 0 Å². The molecule has 0 spiro atoms. The van der Waals surface area contributed by atoms with Gasteiger partial charge in [0.2, 0.25) is 11.6 Å². The number of anilines is 2. The number of fused-ring (bicyclic) bond motifs is 3. The first kappa shape index (κ1) is 20.8. The molecule has 7 nitrogen and oxygen atoms in total. The molecule has 0 saturated carbocycles. The van der Waals surface area contributed by atoms with Crippen molar-refractivity contribution in [1.82, 2.24) is 4.90 Å². The van der Waals surface area contributed by atoms with E-state index in [-0.39, 0.29) is 36.4 Å². The number of nitrogens with one attached hydrogen (secondary N) is 1. The highest BCUT2D eigenvalue weighted by molar-refractivity contribution is 6.18. The van der Waals surface area contributed by atoms with Gasteiger partial charge in [-0.25, -0.2) is 0 Å². The number of ketones is 1. The van der Waals surface area contributed by atoms with Crippen LogP contribution in [0.15, 0.2) is 48.5 Å². The fourth-order valence-corrected chi connectivity index (χ4v) is 4.45. The summed E-state index contributed by atoms with van der Waals surface area (Å²) in [7, 11) is 0. The number of carbonyl (C=O) groups is 4. The second-order valence-corrected chi connectivity index (χ2v) is 8.46. The van der Waals surface area contributed by atoms with Gasteiger partial charge in [0.1, 0.15) is 0 Å². The van der Waals surface area contributed by atoms with Crippen molar-refractivity contribution in [3.8, 4) is 0 Å². The van der Waals surface area contributed by atoms with E-state index >= 15 is 0 Å². The van der Waals surface area contributed by atoms with E-state index in [0.717, 1.165) is 0 Å². The van der Waals surface area contributed by atoms with Gasteiger partial charge >= 0.3 is 0 Å². The van der Waals surface area contributed by atoms with Crippen LogP contribution in [-0.4, -0.2) is 40.6 Å². The number of hydrogen-bond donors (Lipinski definition) is 1. The molecule has 1 unspecified atom stereocenters. The summed E-state index contributed by atoms with van der Waals surface area (Å²) in [5.74, 6) is -0.931. The van der Waals surface area contributed by atoms with Gasteiger partial charge in [-0.05, 0) is 37.1 Å². The highest BCUT2D eigenvalue weighted by Gasteiger charge is 2.60. The van der Waals surface area contributed by atoms with E-state index in [9.17, 15) is 19.2 Å².